The number of rotatable bonds is 6. The smallest absolute Gasteiger partial charge is 0.279 e. The molecule has 1 unspecified atom stereocenters. The first-order valence-electron chi connectivity index (χ1n) is 4.74. The van der Waals surface area contributed by atoms with Gasteiger partial charge in [-0.05, 0) is 12.8 Å². The van der Waals surface area contributed by atoms with Gasteiger partial charge in [0.05, 0.1) is 0 Å². The maximum Gasteiger partial charge on any atom is 0.279 e. The molecule has 0 aliphatic heterocycles. The number of nitrogens with two attached hydrogens (primary N) is 1. The van der Waals surface area contributed by atoms with Gasteiger partial charge in [-0.15, -0.1) is 0 Å². The van der Waals surface area contributed by atoms with Gasteiger partial charge in [-0.2, -0.15) is 12.7 Å². The topological polar surface area (TPSA) is 75.4 Å². The van der Waals surface area contributed by atoms with Crippen molar-refractivity contribution in [3.8, 4) is 0 Å². The summed E-state index contributed by atoms with van der Waals surface area (Å²) in [4.78, 5) is 0. The van der Waals surface area contributed by atoms with E-state index in [0.29, 0.717) is 19.0 Å². The van der Waals surface area contributed by atoms with Crippen LogP contribution in [0.15, 0.2) is 0 Å². The van der Waals surface area contributed by atoms with Crippen LogP contribution < -0.4 is 10.5 Å². The van der Waals surface area contributed by atoms with E-state index >= 15 is 0 Å². The molecule has 0 saturated heterocycles. The molecule has 0 aliphatic carbocycles. The molecule has 0 saturated carbocycles. The molecular formula is C8H21N3O2S. The Balaban J connectivity index is 4.32. The molecule has 0 rings (SSSR count). The highest BCUT2D eigenvalue weighted by Crippen LogP contribution is 2.01. The Morgan fingerprint density at radius 3 is 2.21 bits per heavy atom. The van der Waals surface area contributed by atoms with Gasteiger partial charge < -0.3 is 5.73 Å². The van der Waals surface area contributed by atoms with Gasteiger partial charge in [0, 0.05) is 26.2 Å². The standard InChI is InChI=1S/C8H21N3O2S/c1-7(2)6-10-14(12,13)11(4)8(3)5-9/h7-8,10H,5-6,9H2,1-4H3. The zero-order chi connectivity index (χ0) is 11.4. The summed E-state index contributed by atoms with van der Waals surface area (Å²) in [5, 5.41) is 0. The summed E-state index contributed by atoms with van der Waals surface area (Å²) < 4.78 is 27.0. The van der Waals surface area contributed by atoms with Crippen LogP contribution in [0, 0.1) is 5.92 Å². The van der Waals surface area contributed by atoms with E-state index in [4.69, 9.17) is 5.73 Å². The SMILES string of the molecule is CC(C)CNS(=O)(=O)N(C)C(C)CN. The fourth-order valence-corrected chi connectivity index (χ4v) is 2.07. The fraction of sp³-hybridized carbons (Fsp3) is 1.00. The highest BCUT2D eigenvalue weighted by Gasteiger charge is 2.21. The van der Waals surface area contributed by atoms with Gasteiger partial charge in [-0.1, -0.05) is 13.8 Å². The minimum Gasteiger partial charge on any atom is -0.329 e. The van der Waals surface area contributed by atoms with Crippen molar-refractivity contribution in [1.82, 2.24) is 9.03 Å². The first-order valence-corrected chi connectivity index (χ1v) is 6.18. The Kier molecular flexibility index (Phi) is 5.58. The second kappa shape index (κ2) is 5.65. The van der Waals surface area contributed by atoms with Crippen LogP contribution in [0.25, 0.3) is 0 Å². The molecule has 0 aromatic carbocycles. The Labute approximate surface area is 86.8 Å². The minimum atomic E-state index is -3.36. The molecule has 0 heterocycles. The van der Waals surface area contributed by atoms with Crippen molar-refractivity contribution >= 4 is 10.2 Å². The second-order valence-corrected chi connectivity index (χ2v) is 5.66. The van der Waals surface area contributed by atoms with Crippen molar-refractivity contribution in [1.29, 1.82) is 0 Å². The van der Waals surface area contributed by atoms with Crippen molar-refractivity contribution in [3.05, 3.63) is 0 Å². The summed E-state index contributed by atoms with van der Waals surface area (Å²) in [6.45, 7) is 6.45. The van der Waals surface area contributed by atoms with Gasteiger partial charge in [0.2, 0.25) is 0 Å². The predicted octanol–water partition coefficient (Wildman–Crippen LogP) is -0.244. The molecule has 0 fully saturated rings. The number of hydrogen-bond acceptors (Lipinski definition) is 3. The summed E-state index contributed by atoms with van der Waals surface area (Å²) in [6, 6.07) is -0.181. The van der Waals surface area contributed by atoms with Crippen LogP contribution in [-0.4, -0.2) is 38.9 Å². The van der Waals surface area contributed by atoms with Crippen molar-refractivity contribution in [3.63, 3.8) is 0 Å². The number of hydrogen-bond donors (Lipinski definition) is 2. The highest BCUT2D eigenvalue weighted by molar-refractivity contribution is 7.87. The van der Waals surface area contributed by atoms with E-state index in [9.17, 15) is 8.42 Å². The van der Waals surface area contributed by atoms with E-state index in [0.717, 1.165) is 0 Å². The molecule has 3 N–H and O–H groups in total. The van der Waals surface area contributed by atoms with Gasteiger partial charge in [0.1, 0.15) is 0 Å². The number of likely N-dealkylation sites (N-methyl/N-ethyl adjacent to an activating group) is 1. The Morgan fingerprint density at radius 1 is 1.36 bits per heavy atom. The molecule has 6 heteroatoms. The zero-order valence-electron chi connectivity index (χ0n) is 9.32. The molecule has 0 radical (unpaired) electrons. The lowest BCUT2D eigenvalue weighted by atomic mass is 10.2. The van der Waals surface area contributed by atoms with Crippen molar-refractivity contribution in [2.24, 2.45) is 11.7 Å². The van der Waals surface area contributed by atoms with Gasteiger partial charge >= 0.3 is 0 Å². The van der Waals surface area contributed by atoms with E-state index in [1.54, 1.807) is 6.92 Å². The molecule has 0 bridgehead atoms. The third-order valence-corrected chi connectivity index (χ3v) is 3.66. The average Bonchev–Trinajstić information content (AvgIpc) is 2.12. The molecule has 14 heavy (non-hydrogen) atoms. The molecule has 0 spiro atoms. The maximum absolute atomic E-state index is 11.6. The van der Waals surface area contributed by atoms with Crippen LogP contribution in [0.2, 0.25) is 0 Å². The van der Waals surface area contributed by atoms with Gasteiger partial charge in [-0.3, -0.25) is 0 Å². The zero-order valence-corrected chi connectivity index (χ0v) is 10.1. The minimum absolute atomic E-state index is 0.181. The van der Waals surface area contributed by atoms with Crippen molar-refractivity contribution in [2.75, 3.05) is 20.1 Å². The highest BCUT2D eigenvalue weighted by atomic mass is 32.2. The summed E-state index contributed by atoms with van der Waals surface area (Å²) in [6.07, 6.45) is 0. The quantitative estimate of drug-likeness (QED) is 0.652. The molecule has 86 valence electrons. The lowest BCUT2D eigenvalue weighted by Gasteiger charge is -2.23. The lowest BCUT2D eigenvalue weighted by molar-refractivity contribution is 0.385. The largest absolute Gasteiger partial charge is 0.329 e. The first-order chi connectivity index (χ1) is 6.31. The predicted molar refractivity (Wildman–Crippen MR) is 58.0 cm³/mol. The van der Waals surface area contributed by atoms with Gasteiger partial charge in [0.25, 0.3) is 10.2 Å². The third-order valence-electron chi connectivity index (χ3n) is 2.01. The number of nitrogens with one attached hydrogen (secondary N) is 1. The van der Waals surface area contributed by atoms with E-state index < -0.39 is 10.2 Å². The normalized spacial score (nSPS) is 15.1. The van der Waals surface area contributed by atoms with Crippen LogP contribution in [-0.2, 0) is 10.2 Å². The molecule has 0 aromatic heterocycles. The molecule has 0 aliphatic rings. The van der Waals surface area contributed by atoms with Crippen LogP contribution in [0.5, 0.6) is 0 Å². The van der Waals surface area contributed by atoms with Crippen LogP contribution in [0.1, 0.15) is 20.8 Å². The van der Waals surface area contributed by atoms with Gasteiger partial charge in [0.15, 0.2) is 0 Å². The van der Waals surface area contributed by atoms with E-state index in [2.05, 4.69) is 4.72 Å². The van der Waals surface area contributed by atoms with E-state index in [1.807, 2.05) is 13.8 Å². The first kappa shape index (κ1) is 13.8. The third kappa shape index (κ3) is 4.36. The second-order valence-electron chi connectivity index (χ2n) is 3.85. The average molecular weight is 223 g/mol. The van der Waals surface area contributed by atoms with E-state index in [-0.39, 0.29) is 6.04 Å². The fourth-order valence-electron chi connectivity index (χ4n) is 0.759. The molecule has 0 aromatic rings. The Bertz CT molecular complexity index is 251. The van der Waals surface area contributed by atoms with Crippen molar-refractivity contribution in [2.45, 2.75) is 26.8 Å². The van der Waals surface area contributed by atoms with Gasteiger partial charge in [-0.25, -0.2) is 4.72 Å². The summed E-state index contributed by atoms with van der Waals surface area (Å²) in [5.41, 5.74) is 5.39. The lowest BCUT2D eigenvalue weighted by Crippen LogP contribution is -2.46. The van der Waals surface area contributed by atoms with Crippen LogP contribution in [0.4, 0.5) is 0 Å². The monoisotopic (exact) mass is 223 g/mol. The number of nitrogens with zero attached hydrogens (tertiary/aromatic N) is 1. The van der Waals surface area contributed by atoms with Crippen LogP contribution in [0.3, 0.4) is 0 Å². The Hall–Kier alpha value is -0.170. The summed E-state index contributed by atoms with van der Waals surface area (Å²) in [7, 11) is -1.84. The molecule has 1 atom stereocenters. The molecule has 0 amide bonds. The van der Waals surface area contributed by atoms with Crippen molar-refractivity contribution < 1.29 is 8.42 Å². The summed E-state index contributed by atoms with van der Waals surface area (Å²) in [5.74, 6) is 0.298. The molecule has 5 nitrogen and oxygen atoms in total. The van der Waals surface area contributed by atoms with E-state index in [1.165, 1.54) is 11.4 Å². The Morgan fingerprint density at radius 2 is 1.86 bits per heavy atom. The molecular weight excluding hydrogens is 202 g/mol. The van der Waals surface area contributed by atoms with Crippen LogP contribution >= 0.6 is 0 Å². The maximum atomic E-state index is 11.6. The summed E-state index contributed by atoms with van der Waals surface area (Å²) >= 11 is 0.